The van der Waals surface area contributed by atoms with Crippen molar-refractivity contribution in [3.63, 3.8) is 0 Å². The van der Waals surface area contributed by atoms with E-state index in [1.165, 1.54) is 12.8 Å². The molecule has 2 unspecified atom stereocenters. The zero-order valence-electron chi connectivity index (χ0n) is 10.8. The molecule has 0 aromatic heterocycles. The molecule has 0 aliphatic carbocycles. The van der Waals surface area contributed by atoms with Crippen molar-refractivity contribution in [2.24, 2.45) is 5.92 Å². The van der Waals surface area contributed by atoms with Gasteiger partial charge < -0.3 is 5.32 Å². The van der Waals surface area contributed by atoms with E-state index in [2.05, 4.69) is 45.0 Å². The minimum Gasteiger partial charge on any atom is -0.318 e. The molecular formula is C12H28N2. The fourth-order valence-electron chi connectivity index (χ4n) is 1.82. The molecule has 0 rings (SSSR count). The minimum atomic E-state index is 0.667. The SMILES string of the molecule is CCCC(CNC)N(C)C(C)C(C)C. The molecule has 0 saturated heterocycles. The largest absolute Gasteiger partial charge is 0.318 e. The topological polar surface area (TPSA) is 15.3 Å². The molecule has 0 heterocycles. The molecule has 0 spiro atoms. The quantitative estimate of drug-likeness (QED) is 0.678. The molecular weight excluding hydrogens is 172 g/mol. The molecule has 0 fully saturated rings. The first kappa shape index (κ1) is 13.9. The number of likely N-dealkylation sites (N-methyl/N-ethyl adjacent to an activating group) is 2. The third-order valence-electron chi connectivity index (χ3n) is 3.24. The molecule has 2 atom stereocenters. The van der Waals surface area contributed by atoms with Crippen LogP contribution in [0.25, 0.3) is 0 Å². The summed E-state index contributed by atoms with van der Waals surface area (Å²) in [7, 11) is 4.29. The molecule has 0 aromatic rings. The van der Waals surface area contributed by atoms with Crippen LogP contribution in [0.1, 0.15) is 40.5 Å². The lowest BCUT2D eigenvalue weighted by atomic mass is 10.0. The summed E-state index contributed by atoms with van der Waals surface area (Å²) < 4.78 is 0. The molecule has 86 valence electrons. The number of rotatable bonds is 7. The van der Waals surface area contributed by atoms with Crippen LogP contribution in [0.2, 0.25) is 0 Å². The maximum atomic E-state index is 3.29. The summed E-state index contributed by atoms with van der Waals surface area (Å²) in [4.78, 5) is 2.52. The molecule has 0 radical (unpaired) electrons. The van der Waals surface area contributed by atoms with Gasteiger partial charge in [0, 0.05) is 18.6 Å². The van der Waals surface area contributed by atoms with E-state index in [1.54, 1.807) is 0 Å². The summed E-state index contributed by atoms with van der Waals surface area (Å²) in [6.45, 7) is 10.3. The van der Waals surface area contributed by atoms with Crippen molar-refractivity contribution < 1.29 is 0 Å². The Morgan fingerprint density at radius 3 is 2.14 bits per heavy atom. The van der Waals surface area contributed by atoms with Crippen LogP contribution in [0.5, 0.6) is 0 Å². The third kappa shape index (κ3) is 4.43. The monoisotopic (exact) mass is 200 g/mol. The zero-order valence-corrected chi connectivity index (χ0v) is 10.8. The maximum Gasteiger partial charge on any atom is 0.0220 e. The van der Waals surface area contributed by atoms with Crippen molar-refractivity contribution >= 4 is 0 Å². The van der Waals surface area contributed by atoms with Crippen molar-refractivity contribution in [2.45, 2.75) is 52.6 Å². The minimum absolute atomic E-state index is 0.667. The molecule has 2 heteroatoms. The molecule has 14 heavy (non-hydrogen) atoms. The second-order valence-corrected chi connectivity index (χ2v) is 4.65. The Morgan fingerprint density at radius 2 is 1.79 bits per heavy atom. The Labute approximate surface area is 90.1 Å². The predicted octanol–water partition coefficient (Wildman–Crippen LogP) is 2.35. The van der Waals surface area contributed by atoms with Crippen LogP contribution in [0.15, 0.2) is 0 Å². The zero-order chi connectivity index (χ0) is 11.1. The van der Waals surface area contributed by atoms with Gasteiger partial charge in [0.2, 0.25) is 0 Å². The van der Waals surface area contributed by atoms with E-state index in [0.29, 0.717) is 12.1 Å². The average molecular weight is 200 g/mol. The second-order valence-electron chi connectivity index (χ2n) is 4.65. The van der Waals surface area contributed by atoms with Gasteiger partial charge in [-0.15, -0.1) is 0 Å². The van der Waals surface area contributed by atoms with Gasteiger partial charge in [-0.05, 0) is 33.4 Å². The lowest BCUT2D eigenvalue weighted by Gasteiger charge is -2.35. The van der Waals surface area contributed by atoms with E-state index in [0.717, 1.165) is 12.5 Å². The Morgan fingerprint density at radius 1 is 1.21 bits per heavy atom. The van der Waals surface area contributed by atoms with Gasteiger partial charge in [0.05, 0.1) is 0 Å². The van der Waals surface area contributed by atoms with Crippen LogP contribution in [0, 0.1) is 5.92 Å². The average Bonchev–Trinajstić information content (AvgIpc) is 2.15. The highest BCUT2D eigenvalue weighted by Crippen LogP contribution is 2.14. The van der Waals surface area contributed by atoms with Crippen molar-refractivity contribution in [1.82, 2.24) is 10.2 Å². The summed E-state index contributed by atoms with van der Waals surface area (Å²) in [6.07, 6.45) is 2.55. The lowest BCUT2D eigenvalue weighted by molar-refractivity contribution is 0.139. The second kappa shape index (κ2) is 7.24. The van der Waals surface area contributed by atoms with Crippen LogP contribution < -0.4 is 5.32 Å². The van der Waals surface area contributed by atoms with Crippen LogP contribution in [-0.2, 0) is 0 Å². The Balaban J connectivity index is 4.18. The highest BCUT2D eigenvalue weighted by Gasteiger charge is 2.20. The van der Waals surface area contributed by atoms with Crippen LogP contribution >= 0.6 is 0 Å². The highest BCUT2D eigenvalue weighted by atomic mass is 15.2. The predicted molar refractivity (Wildman–Crippen MR) is 64.7 cm³/mol. The number of hydrogen-bond acceptors (Lipinski definition) is 2. The number of nitrogens with zero attached hydrogens (tertiary/aromatic N) is 1. The first-order valence-corrected chi connectivity index (χ1v) is 5.91. The summed E-state index contributed by atoms with van der Waals surface area (Å²) in [5.41, 5.74) is 0. The van der Waals surface area contributed by atoms with Gasteiger partial charge in [0.1, 0.15) is 0 Å². The van der Waals surface area contributed by atoms with Gasteiger partial charge in [0.15, 0.2) is 0 Å². The van der Waals surface area contributed by atoms with Crippen molar-refractivity contribution in [1.29, 1.82) is 0 Å². The van der Waals surface area contributed by atoms with Gasteiger partial charge in [-0.3, -0.25) is 4.90 Å². The standard InChI is InChI=1S/C12H28N2/c1-7-8-12(9-13-5)14(6)11(4)10(2)3/h10-13H,7-9H2,1-6H3. The van der Waals surface area contributed by atoms with Gasteiger partial charge >= 0.3 is 0 Å². The first-order chi connectivity index (χ1) is 6.54. The van der Waals surface area contributed by atoms with Crippen LogP contribution in [-0.4, -0.2) is 37.6 Å². The van der Waals surface area contributed by atoms with Gasteiger partial charge in [-0.1, -0.05) is 27.2 Å². The van der Waals surface area contributed by atoms with E-state index in [1.807, 2.05) is 7.05 Å². The smallest absolute Gasteiger partial charge is 0.0220 e. The van der Waals surface area contributed by atoms with Crippen molar-refractivity contribution in [3.05, 3.63) is 0 Å². The molecule has 0 amide bonds. The van der Waals surface area contributed by atoms with Crippen molar-refractivity contribution in [3.8, 4) is 0 Å². The van der Waals surface area contributed by atoms with Gasteiger partial charge in [0.25, 0.3) is 0 Å². The molecule has 2 nitrogen and oxygen atoms in total. The highest BCUT2D eigenvalue weighted by molar-refractivity contribution is 4.76. The molecule has 0 bridgehead atoms. The van der Waals surface area contributed by atoms with Crippen LogP contribution in [0.4, 0.5) is 0 Å². The van der Waals surface area contributed by atoms with Gasteiger partial charge in [-0.2, -0.15) is 0 Å². The molecule has 0 aliphatic rings. The Bertz CT molecular complexity index is 128. The third-order valence-corrected chi connectivity index (χ3v) is 3.24. The van der Waals surface area contributed by atoms with E-state index in [9.17, 15) is 0 Å². The lowest BCUT2D eigenvalue weighted by Crippen LogP contribution is -2.45. The van der Waals surface area contributed by atoms with Crippen LogP contribution in [0.3, 0.4) is 0 Å². The van der Waals surface area contributed by atoms with Crippen molar-refractivity contribution in [2.75, 3.05) is 20.6 Å². The summed E-state index contributed by atoms with van der Waals surface area (Å²) >= 11 is 0. The fourth-order valence-corrected chi connectivity index (χ4v) is 1.82. The molecule has 0 aromatic carbocycles. The fraction of sp³-hybridized carbons (Fsp3) is 1.00. The molecule has 0 aliphatic heterocycles. The Kier molecular flexibility index (Phi) is 7.20. The molecule has 1 N–H and O–H groups in total. The summed E-state index contributed by atoms with van der Waals surface area (Å²) in [5, 5.41) is 3.29. The summed E-state index contributed by atoms with van der Waals surface area (Å²) in [5.74, 6) is 0.733. The van der Waals surface area contributed by atoms with E-state index in [-0.39, 0.29) is 0 Å². The van der Waals surface area contributed by atoms with E-state index >= 15 is 0 Å². The maximum absolute atomic E-state index is 3.29. The Hall–Kier alpha value is -0.0800. The van der Waals surface area contributed by atoms with E-state index < -0.39 is 0 Å². The first-order valence-electron chi connectivity index (χ1n) is 5.91. The van der Waals surface area contributed by atoms with E-state index in [4.69, 9.17) is 0 Å². The number of nitrogens with one attached hydrogen (secondary N) is 1. The molecule has 0 saturated carbocycles. The summed E-state index contributed by atoms with van der Waals surface area (Å²) in [6, 6.07) is 1.35. The normalized spacial score (nSPS) is 16.3. The van der Waals surface area contributed by atoms with Gasteiger partial charge in [-0.25, -0.2) is 0 Å². The number of hydrogen-bond donors (Lipinski definition) is 1.